The van der Waals surface area contributed by atoms with Gasteiger partial charge in [-0.05, 0) is 18.4 Å². The van der Waals surface area contributed by atoms with Gasteiger partial charge in [-0.1, -0.05) is 36.4 Å². The summed E-state index contributed by atoms with van der Waals surface area (Å²) >= 11 is 1.53. The molecule has 0 aliphatic carbocycles. The number of carbonyl (C=O) groups is 1. The van der Waals surface area contributed by atoms with Crippen LogP contribution in [0, 0.1) is 0 Å². The highest BCUT2D eigenvalue weighted by Crippen LogP contribution is 2.36. The third-order valence-electron chi connectivity index (χ3n) is 2.82. The number of methoxy groups -OCH3 is 1. The Morgan fingerprint density at radius 1 is 1.05 bits per heavy atom. The first-order valence-corrected chi connectivity index (χ1v) is 7.40. The van der Waals surface area contributed by atoms with Gasteiger partial charge in [0.25, 0.3) is 0 Å². The number of carbonyl (C=O) groups excluding carboxylic acids is 1. The van der Waals surface area contributed by atoms with Gasteiger partial charge in [0.15, 0.2) is 12.4 Å². The van der Waals surface area contributed by atoms with E-state index in [9.17, 15) is 4.79 Å². The number of Topliss-reactive ketones (excluding diaryl/α,β-unsaturated/α-hetero) is 1. The Morgan fingerprint density at radius 2 is 1.75 bits per heavy atom. The Labute approximate surface area is 122 Å². The lowest BCUT2D eigenvalue weighted by molar-refractivity contribution is 0.0919. The molecule has 0 aromatic heterocycles. The van der Waals surface area contributed by atoms with Crippen LogP contribution in [-0.4, -0.2) is 25.8 Å². The zero-order chi connectivity index (χ0) is 14.4. The fourth-order valence-corrected chi connectivity index (χ4v) is 2.50. The number of benzene rings is 2. The average Bonchev–Trinajstić information content (AvgIpc) is 2.52. The highest BCUT2D eigenvalue weighted by Gasteiger charge is 2.11. The molecule has 0 heterocycles. The molecule has 0 N–H and O–H groups in total. The summed E-state index contributed by atoms with van der Waals surface area (Å²) < 4.78 is 10.9. The third kappa shape index (κ3) is 3.33. The maximum Gasteiger partial charge on any atom is 0.200 e. The molecule has 2 rings (SSSR count). The van der Waals surface area contributed by atoms with Crippen molar-refractivity contribution in [3.63, 3.8) is 0 Å². The molecule has 0 radical (unpaired) electrons. The summed E-state index contributed by atoms with van der Waals surface area (Å²) in [5, 5.41) is 0. The number of thioether (sulfide) groups is 1. The average molecular weight is 288 g/mol. The molecule has 2 aromatic carbocycles. The number of ether oxygens (including phenoxy) is 2. The van der Waals surface area contributed by atoms with Crippen LogP contribution in [0.5, 0.6) is 11.5 Å². The second kappa shape index (κ2) is 7.01. The number of hydrogen-bond acceptors (Lipinski definition) is 4. The van der Waals surface area contributed by atoms with E-state index >= 15 is 0 Å². The topological polar surface area (TPSA) is 35.5 Å². The first-order chi connectivity index (χ1) is 9.76. The van der Waals surface area contributed by atoms with Crippen LogP contribution in [0.4, 0.5) is 0 Å². The second-order valence-corrected chi connectivity index (χ2v) is 4.89. The molecule has 0 saturated carbocycles. The molecule has 0 atom stereocenters. The van der Waals surface area contributed by atoms with Gasteiger partial charge in [-0.15, -0.1) is 11.8 Å². The SMILES string of the molecule is COc1cccc(OCC(=O)c2ccccc2)c1SC. The Kier molecular flexibility index (Phi) is 5.07. The number of rotatable bonds is 6. The minimum Gasteiger partial charge on any atom is -0.495 e. The first-order valence-electron chi connectivity index (χ1n) is 6.18. The van der Waals surface area contributed by atoms with E-state index in [0.717, 1.165) is 10.6 Å². The third-order valence-corrected chi connectivity index (χ3v) is 3.63. The van der Waals surface area contributed by atoms with Crippen LogP contribution in [0.2, 0.25) is 0 Å². The zero-order valence-corrected chi connectivity index (χ0v) is 12.3. The van der Waals surface area contributed by atoms with Crippen LogP contribution in [-0.2, 0) is 0 Å². The van der Waals surface area contributed by atoms with Gasteiger partial charge in [0.2, 0.25) is 0 Å². The van der Waals surface area contributed by atoms with Crippen molar-refractivity contribution < 1.29 is 14.3 Å². The maximum atomic E-state index is 12.0. The summed E-state index contributed by atoms with van der Waals surface area (Å²) in [6, 6.07) is 14.7. The Hall–Kier alpha value is -1.94. The molecule has 0 aliphatic rings. The maximum absolute atomic E-state index is 12.0. The van der Waals surface area contributed by atoms with Crippen molar-refractivity contribution in [2.45, 2.75) is 4.90 Å². The summed E-state index contributed by atoms with van der Waals surface area (Å²) in [4.78, 5) is 12.9. The van der Waals surface area contributed by atoms with Gasteiger partial charge in [-0.2, -0.15) is 0 Å². The van der Waals surface area contributed by atoms with Crippen LogP contribution in [0.15, 0.2) is 53.4 Å². The van der Waals surface area contributed by atoms with Crippen molar-refractivity contribution >= 4 is 17.5 Å². The summed E-state index contributed by atoms with van der Waals surface area (Å²) in [5.41, 5.74) is 0.654. The van der Waals surface area contributed by atoms with Crippen LogP contribution in [0.1, 0.15) is 10.4 Å². The van der Waals surface area contributed by atoms with E-state index in [-0.39, 0.29) is 12.4 Å². The van der Waals surface area contributed by atoms with E-state index in [4.69, 9.17) is 9.47 Å². The minimum atomic E-state index is -0.0412. The van der Waals surface area contributed by atoms with Gasteiger partial charge in [-0.3, -0.25) is 4.79 Å². The first kappa shape index (κ1) is 14.5. The van der Waals surface area contributed by atoms with Gasteiger partial charge in [0.1, 0.15) is 11.5 Å². The van der Waals surface area contributed by atoms with Gasteiger partial charge < -0.3 is 9.47 Å². The Balaban J connectivity index is 2.10. The molecule has 2 aromatic rings. The largest absolute Gasteiger partial charge is 0.495 e. The Morgan fingerprint density at radius 3 is 2.40 bits per heavy atom. The number of hydrogen-bond donors (Lipinski definition) is 0. The molecule has 104 valence electrons. The highest BCUT2D eigenvalue weighted by molar-refractivity contribution is 7.98. The molecule has 3 nitrogen and oxygen atoms in total. The molecular weight excluding hydrogens is 272 g/mol. The van der Waals surface area contributed by atoms with E-state index in [0.29, 0.717) is 11.3 Å². The van der Waals surface area contributed by atoms with E-state index in [1.165, 1.54) is 11.8 Å². The monoisotopic (exact) mass is 288 g/mol. The minimum absolute atomic E-state index is 0.0186. The van der Waals surface area contributed by atoms with E-state index in [2.05, 4.69) is 0 Å². The second-order valence-electron chi connectivity index (χ2n) is 4.07. The van der Waals surface area contributed by atoms with Crippen LogP contribution < -0.4 is 9.47 Å². The van der Waals surface area contributed by atoms with E-state index in [1.54, 1.807) is 19.2 Å². The molecule has 0 aliphatic heterocycles. The fourth-order valence-electron chi connectivity index (χ4n) is 1.82. The van der Waals surface area contributed by atoms with Crippen molar-refractivity contribution in [2.24, 2.45) is 0 Å². The lowest BCUT2D eigenvalue weighted by Gasteiger charge is -2.12. The van der Waals surface area contributed by atoms with Gasteiger partial charge >= 0.3 is 0 Å². The summed E-state index contributed by atoms with van der Waals surface area (Å²) in [6.07, 6.45) is 1.95. The van der Waals surface area contributed by atoms with Crippen molar-refractivity contribution in [1.82, 2.24) is 0 Å². The standard InChI is InChI=1S/C16H16O3S/c1-18-14-9-6-10-15(16(14)20-2)19-11-13(17)12-7-4-3-5-8-12/h3-10H,11H2,1-2H3. The predicted molar refractivity (Wildman–Crippen MR) is 81.0 cm³/mol. The molecule has 20 heavy (non-hydrogen) atoms. The van der Waals surface area contributed by atoms with Crippen molar-refractivity contribution in [3.05, 3.63) is 54.1 Å². The molecule has 0 bridgehead atoms. The van der Waals surface area contributed by atoms with E-state index < -0.39 is 0 Å². The van der Waals surface area contributed by atoms with Crippen LogP contribution >= 0.6 is 11.8 Å². The molecule has 0 spiro atoms. The number of ketones is 1. The molecule has 0 unspecified atom stereocenters. The normalized spacial score (nSPS) is 10.1. The fraction of sp³-hybridized carbons (Fsp3) is 0.188. The van der Waals surface area contributed by atoms with Crippen LogP contribution in [0.3, 0.4) is 0 Å². The molecule has 0 fully saturated rings. The zero-order valence-electron chi connectivity index (χ0n) is 11.5. The summed E-state index contributed by atoms with van der Waals surface area (Å²) in [7, 11) is 1.62. The lowest BCUT2D eigenvalue weighted by atomic mass is 10.1. The highest BCUT2D eigenvalue weighted by atomic mass is 32.2. The summed E-state index contributed by atoms with van der Waals surface area (Å²) in [6.45, 7) is 0.0186. The van der Waals surface area contributed by atoms with E-state index in [1.807, 2.05) is 42.7 Å². The van der Waals surface area contributed by atoms with Crippen molar-refractivity contribution in [1.29, 1.82) is 0 Å². The quantitative estimate of drug-likeness (QED) is 0.600. The lowest BCUT2D eigenvalue weighted by Crippen LogP contribution is -2.11. The van der Waals surface area contributed by atoms with Crippen molar-refractivity contribution in [3.8, 4) is 11.5 Å². The summed E-state index contributed by atoms with van der Waals surface area (Å²) in [5.74, 6) is 1.38. The molecule has 0 saturated heterocycles. The van der Waals surface area contributed by atoms with Crippen molar-refractivity contribution in [2.75, 3.05) is 20.0 Å². The van der Waals surface area contributed by atoms with Gasteiger partial charge in [0, 0.05) is 5.56 Å². The van der Waals surface area contributed by atoms with Gasteiger partial charge in [-0.25, -0.2) is 0 Å². The van der Waals surface area contributed by atoms with Gasteiger partial charge in [0.05, 0.1) is 12.0 Å². The smallest absolute Gasteiger partial charge is 0.200 e. The predicted octanol–water partition coefficient (Wildman–Crippen LogP) is 3.68. The molecule has 4 heteroatoms. The Bertz CT molecular complexity index is 582. The molecular formula is C16H16O3S. The van der Waals surface area contributed by atoms with Crippen LogP contribution in [0.25, 0.3) is 0 Å². The molecule has 0 amide bonds.